The van der Waals surface area contributed by atoms with Crippen molar-refractivity contribution in [1.29, 1.82) is 0 Å². The first-order valence-electron chi connectivity index (χ1n) is 7.13. The Kier molecular flexibility index (Phi) is 3.97. The summed E-state index contributed by atoms with van der Waals surface area (Å²) >= 11 is 0. The van der Waals surface area contributed by atoms with E-state index in [0.717, 1.165) is 45.1 Å². The van der Waals surface area contributed by atoms with E-state index in [9.17, 15) is 15.0 Å². The lowest BCUT2D eigenvalue weighted by atomic mass is 9.80. The minimum absolute atomic E-state index is 0.124. The number of hydrogen-bond acceptors (Lipinski definition) is 3. The van der Waals surface area contributed by atoms with Crippen LogP contribution in [0.4, 0.5) is 0 Å². The van der Waals surface area contributed by atoms with Crippen molar-refractivity contribution in [2.45, 2.75) is 70.1 Å². The van der Waals surface area contributed by atoms with Gasteiger partial charge < -0.3 is 15.1 Å². The van der Waals surface area contributed by atoms with Crippen LogP contribution >= 0.6 is 0 Å². The Bertz CT molecular complexity index is 311. The molecule has 0 aromatic heterocycles. The normalized spacial score (nSPS) is 33.8. The minimum atomic E-state index is -1.30. The van der Waals surface area contributed by atoms with E-state index < -0.39 is 5.60 Å². The van der Waals surface area contributed by atoms with Gasteiger partial charge in [0.05, 0.1) is 6.10 Å². The predicted molar refractivity (Wildman–Crippen MR) is 69.0 cm³/mol. The Morgan fingerprint density at radius 1 is 1.17 bits per heavy atom. The molecule has 104 valence electrons. The SMILES string of the molecule is CC(C)(O)C(=O)N1CCC[C@@H]1[C@H]1CCCC[C@H]1O. The molecule has 2 rings (SSSR count). The van der Waals surface area contributed by atoms with Crippen molar-refractivity contribution in [1.82, 2.24) is 4.90 Å². The summed E-state index contributed by atoms with van der Waals surface area (Å²) < 4.78 is 0. The number of nitrogens with zero attached hydrogens (tertiary/aromatic N) is 1. The molecule has 2 N–H and O–H groups in total. The van der Waals surface area contributed by atoms with E-state index in [-0.39, 0.29) is 24.0 Å². The zero-order valence-corrected chi connectivity index (χ0v) is 11.4. The van der Waals surface area contributed by atoms with Crippen LogP contribution in [-0.2, 0) is 4.79 Å². The fourth-order valence-corrected chi connectivity index (χ4v) is 3.43. The van der Waals surface area contributed by atoms with E-state index in [1.807, 2.05) is 0 Å². The first kappa shape index (κ1) is 13.8. The molecule has 4 nitrogen and oxygen atoms in total. The summed E-state index contributed by atoms with van der Waals surface area (Å²) in [5.74, 6) is 0.00956. The van der Waals surface area contributed by atoms with Gasteiger partial charge in [-0.15, -0.1) is 0 Å². The largest absolute Gasteiger partial charge is 0.393 e. The lowest BCUT2D eigenvalue weighted by Gasteiger charge is -2.38. The first-order valence-corrected chi connectivity index (χ1v) is 7.13. The van der Waals surface area contributed by atoms with Gasteiger partial charge in [-0.2, -0.15) is 0 Å². The number of likely N-dealkylation sites (tertiary alicyclic amines) is 1. The highest BCUT2D eigenvalue weighted by molar-refractivity contribution is 5.84. The molecule has 0 spiro atoms. The van der Waals surface area contributed by atoms with E-state index in [0.29, 0.717) is 0 Å². The number of rotatable bonds is 2. The molecule has 1 heterocycles. The summed E-state index contributed by atoms with van der Waals surface area (Å²) in [4.78, 5) is 14.0. The standard InChI is InChI=1S/C14H25NO3/c1-14(2,18)13(17)15-9-5-7-11(15)10-6-3-4-8-12(10)16/h10-12,16,18H,3-9H2,1-2H3/t10-,11-,12-/m1/s1. The number of amides is 1. The van der Waals surface area contributed by atoms with E-state index >= 15 is 0 Å². The quantitative estimate of drug-likeness (QED) is 0.782. The maximum atomic E-state index is 12.2. The summed E-state index contributed by atoms with van der Waals surface area (Å²) in [5, 5.41) is 20.0. The zero-order chi connectivity index (χ0) is 13.3. The molecule has 0 radical (unpaired) electrons. The zero-order valence-electron chi connectivity index (χ0n) is 11.4. The highest BCUT2D eigenvalue weighted by Crippen LogP contribution is 2.35. The molecule has 2 fully saturated rings. The highest BCUT2D eigenvalue weighted by Gasteiger charge is 2.42. The fraction of sp³-hybridized carbons (Fsp3) is 0.929. The van der Waals surface area contributed by atoms with E-state index in [1.165, 1.54) is 0 Å². The molecule has 0 aromatic carbocycles. The second-order valence-electron chi connectivity index (χ2n) is 6.28. The average molecular weight is 255 g/mol. The van der Waals surface area contributed by atoms with Gasteiger partial charge >= 0.3 is 0 Å². The highest BCUT2D eigenvalue weighted by atomic mass is 16.3. The summed E-state index contributed by atoms with van der Waals surface area (Å²) in [6.07, 6.45) is 5.75. The Morgan fingerprint density at radius 2 is 1.83 bits per heavy atom. The lowest BCUT2D eigenvalue weighted by molar-refractivity contribution is -0.151. The van der Waals surface area contributed by atoms with Crippen molar-refractivity contribution >= 4 is 5.91 Å². The molecule has 3 atom stereocenters. The third-order valence-corrected chi connectivity index (χ3v) is 4.36. The van der Waals surface area contributed by atoms with Crippen molar-refractivity contribution in [3.63, 3.8) is 0 Å². The van der Waals surface area contributed by atoms with E-state index in [1.54, 1.807) is 18.7 Å². The molecule has 0 bridgehead atoms. The number of aliphatic hydroxyl groups excluding tert-OH is 1. The summed E-state index contributed by atoms with van der Waals surface area (Å²) in [5.41, 5.74) is -1.30. The van der Waals surface area contributed by atoms with Gasteiger partial charge in [0.25, 0.3) is 5.91 Å². The Morgan fingerprint density at radius 3 is 2.44 bits per heavy atom. The average Bonchev–Trinajstić information content (AvgIpc) is 2.76. The first-order chi connectivity index (χ1) is 8.41. The van der Waals surface area contributed by atoms with Gasteiger partial charge in [0, 0.05) is 18.5 Å². The monoisotopic (exact) mass is 255 g/mol. The Labute approximate surface area is 109 Å². The van der Waals surface area contributed by atoms with Crippen molar-refractivity contribution in [2.75, 3.05) is 6.54 Å². The van der Waals surface area contributed by atoms with Crippen molar-refractivity contribution < 1.29 is 15.0 Å². The maximum absolute atomic E-state index is 12.2. The van der Waals surface area contributed by atoms with Crippen molar-refractivity contribution in [2.24, 2.45) is 5.92 Å². The lowest BCUT2D eigenvalue weighted by Crippen LogP contribution is -2.51. The molecule has 4 heteroatoms. The third kappa shape index (κ3) is 2.69. The topological polar surface area (TPSA) is 60.8 Å². The molecule has 1 saturated heterocycles. The minimum Gasteiger partial charge on any atom is -0.393 e. The molecule has 1 aliphatic carbocycles. The second-order valence-corrected chi connectivity index (χ2v) is 6.28. The number of carbonyl (C=O) groups excluding carboxylic acids is 1. The van der Waals surface area contributed by atoms with Crippen LogP contribution in [0.1, 0.15) is 52.4 Å². The molecule has 2 aliphatic rings. The van der Waals surface area contributed by atoms with Crippen LogP contribution in [0.15, 0.2) is 0 Å². The van der Waals surface area contributed by atoms with Gasteiger partial charge in [0.2, 0.25) is 0 Å². The van der Waals surface area contributed by atoms with Gasteiger partial charge in [0.1, 0.15) is 5.60 Å². The van der Waals surface area contributed by atoms with Crippen LogP contribution in [-0.4, -0.2) is 45.3 Å². The molecule has 0 unspecified atom stereocenters. The van der Waals surface area contributed by atoms with Crippen molar-refractivity contribution in [3.05, 3.63) is 0 Å². The van der Waals surface area contributed by atoms with Crippen LogP contribution < -0.4 is 0 Å². The maximum Gasteiger partial charge on any atom is 0.254 e. The molecular weight excluding hydrogens is 230 g/mol. The molecular formula is C14H25NO3. The molecule has 1 amide bonds. The van der Waals surface area contributed by atoms with Crippen molar-refractivity contribution in [3.8, 4) is 0 Å². The number of carbonyl (C=O) groups is 1. The number of hydrogen-bond donors (Lipinski definition) is 2. The molecule has 1 saturated carbocycles. The molecule has 18 heavy (non-hydrogen) atoms. The summed E-state index contributed by atoms with van der Waals surface area (Å²) in [7, 11) is 0. The van der Waals surface area contributed by atoms with E-state index in [4.69, 9.17) is 0 Å². The van der Waals surface area contributed by atoms with Crippen LogP contribution in [0.2, 0.25) is 0 Å². The Balaban J connectivity index is 2.09. The van der Waals surface area contributed by atoms with Gasteiger partial charge in [-0.05, 0) is 39.5 Å². The van der Waals surface area contributed by atoms with Gasteiger partial charge in [-0.25, -0.2) is 0 Å². The summed E-state index contributed by atoms with van der Waals surface area (Å²) in [6, 6.07) is 0.124. The molecule has 1 aliphatic heterocycles. The Hall–Kier alpha value is -0.610. The van der Waals surface area contributed by atoms with Crippen LogP contribution in [0.5, 0.6) is 0 Å². The van der Waals surface area contributed by atoms with Gasteiger partial charge in [-0.3, -0.25) is 4.79 Å². The second kappa shape index (κ2) is 5.17. The van der Waals surface area contributed by atoms with Gasteiger partial charge in [-0.1, -0.05) is 12.8 Å². The fourth-order valence-electron chi connectivity index (χ4n) is 3.43. The predicted octanol–water partition coefficient (Wildman–Crippen LogP) is 1.30. The smallest absolute Gasteiger partial charge is 0.254 e. The van der Waals surface area contributed by atoms with Crippen LogP contribution in [0, 0.1) is 5.92 Å². The van der Waals surface area contributed by atoms with Crippen LogP contribution in [0.3, 0.4) is 0 Å². The van der Waals surface area contributed by atoms with Gasteiger partial charge in [0.15, 0.2) is 0 Å². The van der Waals surface area contributed by atoms with E-state index in [2.05, 4.69) is 0 Å². The number of aliphatic hydroxyl groups is 2. The summed E-state index contributed by atoms with van der Waals surface area (Å²) in [6.45, 7) is 3.81. The molecule has 0 aromatic rings. The van der Waals surface area contributed by atoms with Crippen LogP contribution in [0.25, 0.3) is 0 Å². The third-order valence-electron chi connectivity index (χ3n) is 4.36.